The molecule has 1 amide bonds. The van der Waals surface area contributed by atoms with Crippen LogP contribution in [-0.4, -0.2) is 30.5 Å². The highest BCUT2D eigenvalue weighted by Crippen LogP contribution is 2.17. The third-order valence-corrected chi connectivity index (χ3v) is 3.50. The number of rotatable bonds is 4. The van der Waals surface area contributed by atoms with Crippen molar-refractivity contribution in [3.63, 3.8) is 0 Å². The molecule has 4 heteroatoms. The Labute approximate surface area is 125 Å². The zero-order valence-electron chi connectivity index (χ0n) is 12.3. The van der Waals surface area contributed by atoms with Crippen LogP contribution < -0.4 is 4.74 Å². The number of benzene rings is 1. The van der Waals surface area contributed by atoms with Crippen molar-refractivity contribution < 1.29 is 9.53 Å². The Morgan fingerprint density at radius 1 is 1.29 bits per heavy atom. The van der Waals surface area contributed by atoms with Crippen molar-refractivity contribution in [3.05, 3.63) is 35.4 Å². The highest BCUT2D eigenvalue weighted by atomic mass is 16.5. The molecule has 110 valence electrons. The molecule has 0 unspecified atom stereocenters. The second kappa shape index (κ2) is 7.49. The summed E-state index contributed by atoms with van der Waals surface area (Å²) in [6.45, 7) is 4.05. The second-order valence-corrected chi connectivity index (χ2v) is 5.02. The van der Waals surface area contributed by atoms with Crippen LogP contribution in [0.25, 0.3) is 6.08 Å². The van der Waals surface area contributed by atoms with Gasteiger partial charge in [0.15, 0.2) is 0 Å². The SMILES string of the molecule is CCOc1ccc(/C=C(/C#N)C(=O)N2CCCCC2)cc1. The first-order valence-electron chi connectivity index (χ1n) is 7.38. The van der Waals surface area contributed by atoms with Gasteiger partial charge >= 0.3 is 0 Å². The molecule has 1 aromatic rings. The van der Waals surface area contributed by atoms with Crippen LogP contribution in [-0.2, 0) is 4.79 Å². The molecular weight excluding hydrogens is 264 g/mol. The zero-order valence-corrected chi connectivity index (χ0v) is 12.3. The number of ether oxygens (including phenoxy) is 1. The lowest BCUT2D eigenvalue weighted by Gasteiger charge is -2.26. The summed E-state index contributed by atoms with van der Waals surface area (Å²) in [7, 11) is 0. The summed E-state index contributed by atoms with van der Waals surface area (Å²) in [6, 6.07) is 9.42. The van der Waals surface area contributed by atoms with Gasteiger partial charge in [0.05, 0.1) is 6.61 Å². The van der Waals surface area contributed by atoms with Gasteiger partial charge < -0.3 is 9.64 Å². The smallest absolute Gasteiger partial charge is 0.264 e. The van der Waals surface area contributed by atoms with Gasteiger partial charge in [-0.25, -0.2) is 0 Å². The fourth-order valence-corrected chi connectivity index (χ4v) is 2.40. The van der Waals surface area contributed by atoms with E-state index in [-0.39, 0.29) is 11.5 Å². The molecule has 1 aliphatic rings. The molecule has 1 aliphatic heterocycles. The molecule has 1 aromatic carbocycles. The number of carbonyl (C=O) groups is 1. The summed E-state index contributed by atoms with van der Waals surface area (Å²) >= 11 is 0. The molecule has 1 heterocycles. The van der Waals surface area contributed by atoms with Crippen molar-refractivity contribution in [2.24, 2.45) is 0 Å². The highest BCUT2D eigenvalue weighted by molar-refractivity contribution is 6.01. The molecule has 1 saturated heterocycles. The van der Waals surface area contributed by atoms with Crippen LogP contribution in [0.3, 0.4) is 0 Å². The van der Waals surface area contributed by atoms with Crippen molar-refractivity contribution in [2.75, 3.05) is 19.7 Å². The van der Waals surface area contributed by atoms with Gasteiger partial charge in [0.25, 0.3) is 5.91 Å². The van der Waals surface area contributed by atoms with E-state index in [9.17, 15) is 10.1 Å². The van der Waals surface area contributed by atoms with E-state index in [0.717, 1.165) is 43.7 Å². The number of hydrogen-bond acceptors (Lipinski definition) is 3. The topological polar surface area (TPSA) is 53.3 Å². The third kappa shape index (κ3) is 4.09. The highest BCUT2D eigenvalue weighted by Gasteiger charge is 2.20. The number of nitrogens with zero attached hydrogens (tertiary/aromatic N) is 2. The molecule has 0 saturated carbocycles. The van der Waals surface area contributed by atoms with E-state index in [0.29, 0.717) is 6.61 Å². The lowest BCUT2D eigenvalue weighted by molar-refractivity contribution is -0.127. The predicted octanol–water partition coefficient (Wildman–Crippen LogP) is 3.00. The molecular formula is C17H20N2O2. The Hall–Kier alpha value is -2.28. The van der Waals surface area contributed by atoms with E-state index in [1.165, 1.54) is 0 Å². The first-order chi connectivity index (χ1) is 10.2. The monoisotopic (exact) mass is 284 g/mol. The molecule has 0 radical (unpaired) electrons. The maximum absolute atomic E-state index is 12.3. The Kier molecular flexibility index (Phi) is 5.39. The van der Waals surface area contributed by atoms with Crippen LogP contribution in [0.15, 0.2) is 29.8 Å². The summed E-state index contributed by atoms with van der Waals surface area (Å²) in [6.07, 6.45) is 4.85. The van der Waals surface area contributed by atoms with E-state index in [4.69, 9.17) is 4.74 Å². The van der Waals surface area contributed by atoms with Gasteiger partial charge in [0.1, 0.15) is 17.4 Å². The summed E-state index contributed by atoms with van der Waals surface area (Å²) < 4.78 is 5.37. The first kappa shape index (κ1) is 15.1. The Bertz CT molecular complexity index is 549. The quantitative estimate of drug-likeness (QED) is 0.631. The van der Waals surface area contributed by atoms with Crippen molar-refractivity contribution >= 4 is 12.0 Å². The van der Waals surface area contributed by atoms with E-state index < -0.39 is 0 Å². The van der Waals surface area contributed by atoms with Crippen molar-refractivity contribution in [3.8, 4) is 11.8 Å². The number of amides is 1. The maximum Gasteiger partial charge on any atom is 0.264 e. The number of hydrogen-bond donors (Lipinski definition) is 0. The van der Waals surface area contributed by atoms with Crippen LogP contribution in [0.4, 0.5) is 0 Å². The molecule has 0 aromatic heterocycles. The van der Waals surface area contributed by atoms with Crippen molar-refractivity contribution in [2.45, 2.75) is 26.2 Å². The summed E-state index contributed by atoms with van der Waals surface area (Å²) in [5.74, 6) is 0.626. The Morgan fingerprint density at radius 2 is 1.95 bits per heavy atom. The van der Waals surface area contributed by atoms with Gasteiger partial charge in [-0.15, -0.1) is 0 Å². The van der Waals surface area contributed by atoms with Gasteiger partial charge in [-0.1, -0.05) is 12.1 Å². The average Bonchev–Trinajstić information content (AvgIpc) is 2.54. The largest absolute Gasteiger partial charge is 0.494 e. The predicted molar refractivity (Wildman–Crippen MR) is 81.6 cm³/mol. The van der Waals surface area contributed by atoms with Gasteiger partial charge in [0.2, 0.25) is 0 Å². The van der Waals surface area contributed by atoms with E-state index in [1.807, 2.05) is 37.3 Å². The number of likely N-dealkylation sites (tertiary alicyclic amines) is 1. The molecule has 1 fully saturated rings. The van der Waals surface area contributed by atoms with Crippen LogP contribution in [0, 0.1) is 11.3 Å². The molecule has 0 bridgehead atoms. The molecule has 0 aliphatic carbocycles. The number of carbonyl (C=O) groups excluding carboxylic acids is 1. The van der Waals surface area contributed by atoms with Crippen LogP contribution in [0.5, 0.6) is 5.75 Å². The van der Waals surface area contributed by atoms with Crippen molar-refractivity contribution in [1.82, 2.24) is 4.90 Å². The second-order valence-electron chi connectivity index (χ2n) is 5.02. The normalized spacial score (nSPS) is 15.4. The van der Waals surface area contributed by atoms with Crippen LogP contribution >= 0.6 is 0 Å². The minimum absolute atomic E-state index is 0.161. The summed E-state index contributed by atoms with van der Waals surface area (Å²) in [4.78, 5) is 14.1. The molecule has 4 nitrogen and oxygen atoms in total. The number of piperidine rings is 1. The van der Waals surface area contributed by atoms with Crippen LogP contribution in [0.2, 0.25) is 0 Å². The summed E-state index contributed by atoms with van der Waals surface area (Å²) in [5, 5.41) is 9.24. The zero-order chi connectivity index (χ0) is 15.1. The molecule has 0 atom stereocenters. The fraction of sp³-hybridized carbons (Fsp3) is 0.412. The number of nitriles is 1. The van der Waals surface area contributed by atoms with Gasteiger partial charge in [-0.05, 0) is 50.0 Å². The summed E-state index contributed by atoms with van der Waals surface area (Å²) in [5.41, 5.74) is 1.03. The Morgan fingerprint density at radius 3 is 2.52 bits per heavy atom. The maximum atomic E-state index is 12.3. The molecule has 21 heavy (non-hydrogen) atoms. The Balaban J connectivity index is 2.12. The van der Waals surface area contributed by atoms with Gasteiger partial charge in [-0.3, -0.25) is 4.79 Å². The lowest BCUT2D eigenvalue weighted by Crippen LogP contribution is -2.36. The van der Waals surface area contributed by atoms with Crippen LogP contribution in [0.1, 0.15) is 31.7 Å². The van der Waals surface area contributed by atoms with E-state index in [2.05, 4.69) is 0 Å². The fourth-order valence-electron chi connectivity index (χ4n) is 2.40. The minimum Gasteiger partial charge on any atom is -0.494 e. The van der Waals surface area contributed by atoms with Gasteiger partial charge in [-0.2, -0.15) is 5.26 Å². The average molecular weight is 284 g/mol. The molecule has 0 spiro atoms. The first-order valence-corrected chi connectivity index (χ1v) is 7.38. The van der Waals surface area contributed by atoms with E-state index >= 15 is 0 Å². The van der Waals surface area contributed by atoms with Gasteiger partial charge in [0, 0.05) is 13.1 Å². The van der Waals surface area contributed by atoms with E-state index in [1.54, 1.807) is 11.0 Å². The minimum atomic E-state index is -0.161. The van der Waals surface area contributed by atoms with Crippen molar-refractivity contribution in [1.29, 1.82) is 5.26 Å². The lowest BCUT2D eigenvalue weighted by atomic mass is 10.1. The molecule has 2 rings (SSSR count). The molecule has 0 N–H and O–H groups in total. The third-order valence-electron chi connectivity index (χ3n) is 3.50. The standard InChI is InChI=1S/C17H20N2O2/c1-2-21-16-8-6-14(7-9-16)12-15(13-18)17(20)19-10-4-3-5-11-19/h6-9,12H,2-5,10-11H2,1H3/b15-12-.